The van der Waals surface area contributed by atoms with Crippen molar-refractivity contribution in [3.63, 3.8) is 0 Å². The Balaban J connectivity index is 1.25. The van der Waals surface area contributed by atoms with E-state index in [1.165, 1.54) is 159 Å². The molecule has 0 saturated heterocycles. The Kier molecular flexibility index (Phi) is 23.9. The molecule has 1 unspecified atom stereocenters. The fourth-order valence-electron chi connectivity index (χ4n) is 7.10. The third-order valence-corrected chi connectivity index (χ3v) is 10.7. The molecule has 3 rings (SSSR count). The number of carbonyl (C=O) groups is 1. The van der Waals surface area contributed by atoms with Crippen molar-refractivity contribution in [1.82, 2.24) is 0 Å². The lowest BCUT2D eigenvalue weighted by molar-refractivity contribution is 0.0627. The predicted octanol–water partition coefficient (Wildman–Crippen LogP) is 15.6. The largest absolute Gasteiger partial charge is 0.423 e. The lowest BCUT2D eigenvalue weighted by Gasteiger charge is -2.14. The van der Waals surface area contributed by atoms with E-state index in [0.717, 1.165) is 30.6 Å². The van der Waals surface area contributed by atoms with Crippen LogP contribution in [0.15, 0.2) is 72.8 Å². The van der Waals surface area contributed by atoms with Crippen molar-refractivity contribution in [2.75, 3.05) is 6.61 Å². The Bertz CT molecular complexity index is 1280. The molecule has 0 aliphatic carbocycles. The Morgan fingerprint density at radius 1 is 0.481 bits per heavy atom. The molecule has 3 aromatic carbocycles. The molecule has 3 nitrogen and oxygen atoms in total. The monoisotopic (exact) mass is 711 g/mol. The summed E-state index contributed by atoms with van der Waals surface area (Å²) in [7, 11) is 0. The van der Waals surface area contributed by atoms with Gasteiger partial charge in [-0.15, -0.1) is 0 Å². The standard InChI is InChI=1S/C49H74O3/c1-4-6-8-10-12-14-16-17-18-19-21-23-25-27-41-51-42(3)44-33-35-45(36-34-44)46-37-39-48(40-38-46)52-49(50)47-31-29-43(30-32-47)28-26-24-22-20-15-13-11-9-7-5-2/h29-40,42H,4-28,41H2,1-3H3. The van der Waals surface area contributed by atoms with Crippen LogP contribution in [0.4, 0.5) is 0 Å². The number of carbonyl (C=O) groups excluding carboxylic acids is 1. The van der Waals surface area contributed by atoms with E-state index in [9.17, 15) is 4.79 Å². The average molecular weight is 711 g/mol. The van der Waals surface area contributed by atoms with Crippen molar-refractivity contribution in [3.8, 4) is 16.9 Å². The number of esters is 1. The van der Waals surface area contributed by atoms with Crippen LogP contribution in [-0.4, -0.2) is 12.6 Å². The van der Waals surface area contributed by atoms with Gasteiger partial charge in [0.05, 0.1) is 11.7 Å². The van der Waals surface area contributed by atoms with Crippen molar-refractivity contribution < 1.29 is 14.3 Å². The van der Waals surface area contributed by atoms with Gasteiger partial charge in [-0.3, -0.25) is 0 Å². The topological polar surface area (TPSA) is 35.5 Å². The zero-order valence-electron chi connectivity index (χ0n) is 33.6. The first-order valence-electron chi connectivity index (χ1n) is 21.7. The highest BCUT2D eigenvalue weighted by Crippen LogP contribution is 2.26. The maximum atomic E-state index is 12.8. The van der Waals surface area contributed by atoms with Crippen LogP contribution in [0.2, 0.25) is 0 Å². The lowest BCUT2D eigenvalue weighted by atomic mass is 10.0. The van der Waals surface area contributed by atoms with E-state index in [2.05, 4.69) is 57.2 Å². The zero-order valence-corrected chi connectivity index (χ0v) is 33.6. The van der Waals surface area contributed by atoms with Gasteiger partial charge in [0.2, 0.25) is 0 Å². The van der Waals surface area contributed by atoms with Gasteiger partial charge in [0.15, 0.2) is 0 Å². The van der Waals surface area contributed by atoms with Gasteiger partial charge in [-0.2, -0.15) is 0 Å². The van der Waals surface area contributed by atoms with Gasteiger partial charge >= 0.3 is 5.97 Å². The molecule has 0 spiro atoms. The van der Waals surface area contributed by atoms with E-state index in [-0.39, 0.29) is 12.1 Å². The molecule has 0 heterocycles. The fraction of sp³-hybridized carbons (Fsp3) is 0.612. The molecule has 0 aliphatic rings. The first-order valence-corrected chi connectivity index (χ1v) is 21.7. The minimum absolute atomic E-state index is 0.0894. The Labute approximate surface area is 319 Å². The van der Waals surface area contributed by atoms with E-state index in [1.807, 2.05) is 36.4 Å². The quantitative estimate of drug-likeness (QED) is 0.0379. The van der Waals surface area contributed by atoms with Crippen molar-refractivity contribution in [1.29, 1.82) is 0 Å². The maximum absolute atomic E-state index is 12.8. The number of aryl methyl sites for hydroxylation is 1. The average Bonchev–Trinajstić information content (AvgIpc) is 3.17. The second-order valence-electron chi connectivity index (χ2n) is 15.3. The smallest absolute Gasteiger partial charge is 0.343 e. The minimum atomic E-state index is -0.314. The number of hydrogen-bond donors (Lipinski definition) is 0. The van der Waals surface area contributed by atoms with Gasteiger partial charge < -0.3 is 9.47 Å². The molecule has 0 aromatic heterocycles. The molecule has 3 aromatic rings. The molecule has 3 heteroatoms. The van der Waals surface area contributed by atoms with Crippen molar-refractivity contribution in [2.24, 2.45) is 0 Å². The van der Waals surface area contributed by atoms with Gasteiger partial charge in [0.25, 0.3) is 0 Å². The summed E-state index contributed by atoms with van der Waals surface area (Å²) in [5, 5.41) is 0. The van der Waals surface area contributed by atoms with Crippen LogP contribution >= 0.6 is 0 Å². The first-order chi connectivity index (χ1) is 25.6. The fourth-order valence-corrected chi connectivity index (χ4v) is 7.10. The number of ether oxygens (including phenoxy) is 2. The normalized spacial score (nSPS) is 11.9. The van der Waals surface area contributed by atoms with Crippen LogP contribution in [-0.2, 0) is 11.2 Å². The minimum Gasteiger partial charge on any atom is -0.423 e. The van der Waals surface area contributed by atoms with Crippen LogP contribution in [0.25, 0.3) is 11.1 Å². The van der Waals surface area contributed by atoms with Gasteiger partial charge in [-0.1, -0.05) is 204 Å². The number of hydrogen-bond acceptors (Lipinski definition) is 3. The summed E-state index contributed by atoms with van der Waals surface area (Å²) in [5.41, 5.74) is 5.32. The highest BCUT2D eigenvalue weighted by atomic mass is 16.5. The molecule has 1 atom stereocenters. The number of unbranched alkanes of at least 4 members (excludes halogenated alkanes) is 22. The second-order valence-corrected chi connectivity index (χ2v) is 15.3. The molecule has 0 bridgehead atoms. The van der Waals surface area contributed by atoms with Crippen LogP contribution in [0, 0.1) is 0 Å². The predicted molar refractivity (Wildman–Crippen MR) is 224 cm³/mol. The zero-order chi connectivity index (χ0) is 36.9. The Morgan fingerprint density at radius 2 is 0.885 bits per heavy atom. The third kappa shape index (κ3) is 19.2. The van der Waals surface area contributed by atoms with Crippen molar-refractivity contribution >= 4 is 5.97 Å². The van der Waals surface area contributed by atoms with E-state index in [0.29, 0.717) is 11.3 Å². The van der Waals surface area contributed by atoms with E-state index < -0.39 is 0 Å². The molecular weight excluding hydrogens is 637 g/mol. The Hall–Kier alpha value is -2.91. The summed E-state index contributed by atoms with van der Waals surface area (Å²) in [6.45, 7) is 7.53. The summed E-state index contributed by atoms with van der Waals surface area (Å²) in [6, 6.07) is 24.4. The van der Waals surface area contributed by atoms with Crippen molar-refractivity contribution in [2.45, 2.75) is 187 Å². The highest BCUT2D eigenvalue weighted by Gasteiger charge is 2.10. The number of rotatable bonds is 31. The second kappa shape index (κ2) is 28.6. The van der Waals surface area contributed by atoms with Crippen LogP contribution in [0.5, 0.6) is 5.75 Å². The van der Waals surface area contributed by atoms with Gasteiger partial charge in [0, 0.05) is 6.61 Å². The molecule has 0 fully saturated rings. The SMILES string of the molecule is CCCCCCCCCCCCCCCCOC(C)c1ccc(-c2ccc(OC(=O)c3ccc(CCCCCCCCCCCC)cc3)cc2)cc1. The highest BCUT2D eigenvalue weighted by molar-refractivity contribution is 5.91. The van der Waals surface area contributed by atoms with Crippen molar-refractivity contribution in [3.05, 3.63) is 89.5 Å². The molecule has 0 aliphatic heterocycles. The molecule has 0 amide bonds. The third-order valence-electron chi connectivity index (χ3n) is 10.7. The summed E-state index contributed by atoms with van der Waals surface area (Å²) < 4.78 is 11.9. The molecule has 288 valence electrons. The van der Waals surface area contributed by atoms with E-state index in [1.54, 1.807) is 0 Å². The molecule has 0 saturated carbocycles. The van der Waals surface area contributed by atoms with Crippen LogP contribution in [0.3, 0.4) is 0 Å². The van der Waals surface area contributed by atoms with Crippen LogP contribution in [0.1, 0.15) is 202 Å². The van der Waals surface area contributed by atoms with E-state index >= 15 is 0 Å². The summed E-state index contributed by atoms with van der Waals surface area (Å²) in [5.74, 6) is 0.246. The molecule has 0 N–H and O–H groups in total. The summed E-state index contributed by atoms with van der Waals surface area (Å²) >= 11 is 0. The van der Waals surface area contributed by atoms with Gasteiger partial charge in [-0.25, -0.2) is 4.79 Å². The molecule has 0 radical (unpaired) electrons. The Morgan fingerprint density at radius 3 is 1.35 bits per heavy atom. The number of benzene rings is 3. The maximum Gasteiger partial charge on any atom is 0.343 e. The molecule has 52 heavy (non-hydrogen) atoms. The molecular formula is C49H74O3. The summed E-state index contributed by atoms with van der Waals surface area (Å²) in [6.07, 6.45) is 33.9. The van der Waals surface area contributed by atoms with Gasteiger partial charge in [-0.05, 0) is 72.7 Å². The van der Waals surface area contributed by atoms with Gasteiger partial charge in [0.1, 0.15) is 5.75 Å². The summed E-state index contributed by atoms with van der Waals surface area (Å²) in [4.78, 5) is 12.8. The lowest BCUT2D eigenvalue weighted by Crippen LogP contribution is -2.08. The first kappa shape index (κ1) is 43.5. The van der Waals surface area contributed by atoms with E-state index in [4.69, 9.17) is 9.47 Å². The van der Waals surface area contributed by atoms with Crippen LogP contribution < -0.4 is 4.74 Å².